The Balaban J connectivity index is 2.68. The maximum atomic E-state index is 10.8. The Morgan fingerprint density at radius 2 is 1.72 bits per heavy atom. The SMILES string of the molecule is O=[N+]([O-])c1cccc2c(OP(=O)(O)O)cccc12. The van der Waals surface area contributed by atoms with Crippen molar-refractivity contribution in [1.82, 2.24) is 0 Å². The molecule has 2 aromatic carbocycles. The molecule has 18 heavy (non-hydrogen) atoms. The van der Waals surface area contributed by atoms with Crippen LogP contribution in [0, 0.1) is 10.1 Å². The van der Waals surface area contributed by atoms with Gasteiger partial charge in [-0.25, -0.2) is 4.57 Å². The normalized spacial score (nSPS) is 11.4. The molecule has 0 spiro atoms. The zero-order valence-corrected chi connectivity index (χ0v) is 9.78. The Hall–Kier alpha value is -1.95. The molecule has 0 fully saturated rings. The van der Waals surface area contributed by atoms with E-state index < -0.39 is 12.7 Å². The van der Waals surface area contributed by atoms with Gasteiger partial charge in [0.25, 0.3) is 5.69 Å². The molecule has 7 nitrogen and oxygen atoms in total. The van der Waals surface area contributed by atoms with Crippen LogP contribution in [0.3, 0.4) is 0 Å². The molecule has 2 rings (SSSR count). The van der Waals surface area contributed by atoms with E-state index in [-0.39, 0.29) is 22.2 Å². The number of fused-ring (bicyclic) bond motifs is 1. The van der Waals surface area contributed by atoms with Crippen molar-refractivity contribution in [3.8, 4) is 5.75 Å². The number of nitro benzene ring substituents is 1. The molecule has 8 heteroatoms. The Bertz CT molecular complexity index is 664. The highest BCUT2D eigenvalue weighted by Crippen LogP contribution is 2.41. The molecule has 94 valence electrons. The van der Waals surface area contributed by atoms with Gasteiger partial charge in [-0.05, 0) is 12.1 Å². The third kappa shape index (κ3) is 2.48. The summed E-state index contributed by atoms with van der Waals surface area (Å²) in [6.45, 7) is 0. The molecule has 2 N–H and O–H groups in total. The number of rotatable bonds is 3. The van der Waals surface area contributed by atoms with Crippen LogP contribution >= 0.6 is 7.82 Å². The Morgan fingerprint density at radius 1 is 1.11 bits per heavy atom. The van der Waals surface area contributed by atoms with Crippen molar-refractivity contribution in [3.05, 3.63) is 46.5 Å². The standard InChI is InChI=1S/C10H8NO6P/c12-11(13)9-5-1-4-8-7(9)3-2-6-10(8)17-18(14,15)16/h1-6H,(H2,14,15,16). The molecule has 2 aromatic rings. The molecule has 0 aliphatic heterocycles. The van der Waals surface area contributed by atoms with Gasteiger partial charge in [0.15, 0.2) is 0 Å². The predicted octanol–water partition coefficient (Wildman–Crippen LogP) is 2.22. The van der Waals surface area contributed by atoms with Crippen molar-refractivity contribution in [3.63, 3.8) is 0 Å². The average molecular weight is 269 g/mol. The number of hydrogen-bond donors (Lipinski definition) is 2. The van der Waals surface area contributed by atoms with Gasteiger partial charge in [0, 0.05) is 11.5 Å². The summed E-state index contributed by atoms with van der Waals surface area (Å²) in [4.78, 5) is 27.8. The van der Waals surface area contributed by atoms with Gasteiger partial charge in [-0.15, -0.1) is 0 Å². The summed E-state index contributed by atoms with van der Waals surface area (Å²) in [6, 6.07) is 8.48. The van der Waals surface area contributed by atoms with Gasteiger partial charge >= 0.3 is 7.82 Å². The molecule has 0 saturated carbocycles. The molecule has 0 unspecified atom stereocenters. The minimum absolute atomic E-state index is 0.0930. The maximum Gasteiger partial charge on any atom is 0.524 e. The fraction of sp³-hybridized carbons (Fsp3) is 0. The number of non-ortho nitro benzene ring substituents is 1. The highest BCUT2D eigenvalue weighted by molar-refractivity contribution is 7.46. The largest absolute Gasteiger partial charge is 0.524 e. The number of hydrogen-bond acceptors (Lipinski definition) is 4. The molecule has 0 bridgehead atoms. The number of phosphoric acid groups is 1. The van der Waals surface area contributed by atoms with E-state index >= 15 is 0 Å². The van der Waals surface area contributed by atoms with E-state index in [1.807, 2.05) is 0 Å². The first kappa shape index (κ1) is 12.5. The summed E-state index contributed by atoms with van der Waals surface area (Å²) >= 11 is 0. The van der Waals surface area contributed by atoms with Crippen molar-refractivity contribution in [2.24, 2.45) is 0 Å². The van der Waals surface area contributed by atoms with E-state index in [0.717, 1.165) is 0 Å². The molecule has 0 aliphatic carbocycles. The molecule has 0 aliphatic rings. The van der Waals surface area contributed by atoms with Gasteiger partial charge < -0.3 is 4.52 Å². The second-order valence-electron chi connectivity index (χ2n) is 3.47. The fourth-order valence-electron chi connectivity index (χ4n) is 1.63. The molecular formula is C10H8NO6P. The number of nitro groups is 1. The highest BCUT2D eigenvalue weighted by Gasteiger charge is 2.19. The Kier molecular flexibility index (Phi) is 3.04. The van der Waals surface area contributed by atoms with Crippen LogP contribution in [0.2, 0.25) is 0 Å². The fourth-order valence-corrected chi connectivity index (χ4v) is 2.05. The molecule has 0 atom stereocenters. The first-order valence-corrected chi connectivity index (χ1v) is 6.33. The van der Waals surface area contributed by atoms with Gasteiger partial charge in [0.2, 0.25) is 0 Å². The lowest BCUT2D eigenvalue weighted by molar-refractivity contribution is -0.383. The second-order valence-corrected chi connectivity index (χ2v) is 4.63. The van der Waals surface area contributed by atoms with Crippen molar-refractivity contribution < 1.29 is 23.8 Å². The number of phosphoric ester groups is 1. The first-order chi connectivity index (χ1) is 8.38. The first-order valence-electron chi connectivity index (χ1n) is 4.80. The monoisotopic (exact) mass is 269 g/mol. The van der Waals surface area contributed by atoms with Crippen molar-refractivity contribution in [2.75, 3.05) is 0 Å². The predicted molar refractivity (Wildman–Crippen MR) is 63.3 cm³/mol. The van der Waals surface area contributed by atoms with Crippen molar-refractivity contribution in [2.45, 2.75) is 0 Å². The summed E-state index contributed by atoms with van der Waals surface area (Å²) in [5.41, 5.74) is -0.149. The third-order valence-electron chi connectivity index (χ3n) is 2.27. The molecular weight excluding hydrogens is 261 g/mol. The van der Waals surface area contributed by atoms with Crippen LogP contribution in [0.5, 0.6) is 5.75 Å². The van der Waals surface area contributed by atoms with Gasteiger partial charge in [-0.3, -0.25) is 19.9 Å². The lowest BCUT2D eigenvalue weighted by Crippen LogP contribution is -1.93. The lowest BCUT2D eigenvalue weighted by Gasteiger charge is -2.09. The molecule has 0 radical (unpaired) electrons. The van der Waals surface area contributed by atoms with Crippen LogP contribution in [0.15, 0.2) is 36.4 Å². The topological polar surface area (TPSA) is 110 Å². The summed E-state index contributed by atoms with van der Waals surface area (Å²) in [5.74, 6) is -0.0930. The quantitative estimate of drug-likeness (QED) is 0.502. The minimum Gasteiger partial charge on any atom is -0.404 e. The van der Waals surface area contributed by atoms with Gasteiger partial charge in [-0.1, -0.05) is 18.2 Å². The maximum absolute atomic E-state index is 10.8. The molecule has 0 aromatic heterocycles. The van der Waals surface area contributed by atoms with Crippen LogP contribution in [0.1, 0.15) is 0 Å². The van der Waals surface area contributed by atoms with E-state index in [1.54, 1.807) is 0 Å². The lowest BCUT2D eigenvalue weighted by atomic mass is 10.1. The Labute approximate surface area is 101 Å². The van der Waals surface area contributed by atoms with Crippen LogP contribution in [-0.4, -0.2) is 14.7 Å². The van der Waals surface area contributed by atoms with Gasteiger partial charge in [0.1, 0.15) is 5.75 Å². The number of benzene rings is 2. The molecule has 0 heterocycles. The zero-order valence-electron chi connectivity index (χ0n) is 8.89. The van der Waals surface area contributed by atoms with Crippen molar-refractivity contribution in [1.29, 1.82) is 0 Å². The summed E-state index contributed by atoms with van der Waals surface area (Å²) < 4.78 is 15.3. The Morgan fingerprint density at radius 3 is 2.33 bits per heavy atom. The van der Waals surface area contributed by atoms with E-state index in [9.17, 15) is 14.7 Å². The van der Waals surface area contributed by atoms with Crippen LogP contribution in [0.4, 0.5) is 5.69 Å². The van der Waals surface area contributed by atoms with Gasteiger partial charge in [0.05, 0.1) is 10.3 Å². The van der Waals surface area contributed by atoms with E-state index in [4.69, 9.17) is 9.79 Å². The molecule has 0 saturated heterocycles. The third-order valence-corrected chi connectivity index (χ3v) is 2.71. The van der Waals surface area contributed by atoms with E-state index in [1.165, 1.54) is 36.4 Å². The highest BCUT2D eigenvalue weighted by atomic mass is 31.2. The van der Waals surface area contributed by atoms with Crippen LogP contribution in [0.25, 0.3) is 10.8 Å². The summed E-state index contributed by atoms with van der Waals surface area (Å²) in [6.07, 6.45) is 0. The van der Waals surface area contributed by atoms with E-state index in [2.05, 4.69) is 4.52 Å². The minimum atomic E-state index is -4.70. The second kappa shape index (κ2) is 4.38. The average Bonchev–Trinajstić information content (AvgIpc) is 2.26. The number of nitrogens with zero attached hydrogens (tertiary/aromatic N) is 1. The smallest absolute Gasteiger partial charge is 0.404 e. The summed E-state index contributed by atoms with van der Waals surface area (Å²) in [7, 11) is -4.70. The van der Waals surface area contributed by atoms with Crippen molar-refractivity contribution >= 4 is 24.3 Å². The van der Waals surface area contributed by atoms with Crippen LogP contribution in [-0.2, 0) is 4.57 Å². The van der Waals surface area contributed by atoms with Gasteiger partial charge in [-0.2, -0.15) is 0 Å². The summed E-state index contributed by atoms with van der Waals surface area (Å²) in [5, 5.41) is 11.4. The van der Waals surface area contributed by atoms with E-state index in [0.29, 0.717) is 0 Å². The van der Waals surface area contributed by atoms with Crippen LogP contribution < -0.4 is 4.52 Å². The zero-order chi connectivity index (χ0) is 13.3. The molecule has 0 amide bonds.